The van der Waals surface area contributed by atoms with E-state index in [1.54, 1.807) is 48.5 Å². The fourth-order valence-electron chi connectivity index (χ4n) is 3.13. The van der Waals surface area contributed by atoms with Gasteiger partial charge in [0.2, 0.25) is 5.91 Å². The summed E-state index contributed by atoms with van der Waals surface area (Å²) in [6.45, 7) is 1.42. The van der Waals surface area contributed by atoms with Crippen LogP contribution in [0.15, 0.2) is 66.7 Å². The number of carbonyl (C=O) groups is 3. The summed E-state index contributed by atoms with van der Waals surface area (Å²) in [5.74, 6) is -0.462. The van der Waals surface area contributed by atoms with Gasteiger partial charge in [-0.1, -0.05) is 30.3 Å². The molecule has 3 aromatic rings. The number of carbonyl (C=O) groups excluding carboxylic acids is 3. The molecule has 0 unspecified atom stereocenters. The van der Waals surface area contributed by atoms with E-state index in [4.69, 9.17) is 4.74 Å². The van der Waals surface area contributed by atoms with Crippen LogP contribution in [0.4, 0.5) is 5.69 Å². The Morgan fingerprint density at radius 1 is 0.815 bits per heavy atom. The lowest BCUT2D eigenvalue weighted by Crippen LogP contribution is -2.10. The van der Waals surface area contributed by atoms with Gasteiger partial charge in [0.05, 0.1) is 5.56 Å². The minimum atomic E-state index is -0.547. The van der Waals surface area contributed by atoms with E-state index in [1.807, 2.05) is 18.2 Å². The molecule has 132 valence electrons. The summed E-state index contributed by atoms with van der Waals surface area (Å²) in [4.78, 5) is 36.1. The van der Waals surface area contributed by atoms with Gasteiger partial charge in [-0.15, -0.1) is 0 Å². The van der Waals surface area contributed by atoms with Crippen molar-refractivity contribution in [1.82, 2.24) is 0 Å². The van der Waals surface area contributed by atoms with Crippen molar-refractivity contribution in [1.29, 1.82) is 0 Å². The van der Waals surface area contributed by atoms with E-state index in [-0.39, 0.29) is 11.7 Å². The van der Waals surface area contributed by atoms with Crippen LogP contribution in [0.1, 0.15) is 33.2 Å². The van der Waals surface area contributed by atoms with Crippen molar-refractivity contribution >= 4 is 23.3 Å². The summed E-state index contributed by atoms with van der Waals surface area (Å²) >= 11 is 0. The van der Waals surface area contributed by atoms with Gasteiger partial charge in [-0.3, -0.25) is 9.59 Å². The van der Waals surface area contributed by atoms with Crippen LogP contribution >= 0.6 is 0 Å². The maximum absolute atomic E-state index is 12.6. The Morgan fingerprint density at radius 3 is 2.19 bits per heavy atom. The molecule has 0 fully saturated rings. The molecule has 27 heavy (non-hydrogen) atoms. The lowest BCUT2D eigenvalue weighted by atomic mass is 10.0. The van der Waals surface area contributed by atoms with Crippen molar-refractivity contribution in [2.45, 2.75) is 6.92 Å². The minimum absolute atomic E-state index is 0.0880. The summed E-state index contributed by atoms with van der Waals surface area (Å²) < 4.78 is 5.37. The van der Waals surface area contributed by atoms with E-state index < -0.39 is 5.97 Å². The fourth-order valence-corrected chi connectivity index (χ4v) is 3.13. The monoisotopic (exact) mass is 357 g/mol. The Kier molecular flexibility index (Phi) is 4.05. The van der Waals surface area contributed by atoms with Crippen LogP contribution in [0, 0.1) is 0 Å². The van der Waals surface area contributed by atoms with Crippen LogP contribution in [-0.4, -0.2) is 17.7 Å². The van der Waals surface area contributed by atoms with Crippen molar-refractivity contribution in [3.05, 3.63) is 83.4 Å². The molecule has 0 aromatic heterocycles. The summed E-state index contributed by atoms with van der Waals surface area (Å²) in [5.41, 5.74) is 3.78. The largest absolute Gasteiger partial charge is 0.423 e. The molecular weight excluding hydrogens is 342 g/mol. The van der Waals surface area contributed by atoms with Gasteiger partial charge in [0, 0.05) is 23.7 Å². The molecule has 0 aliphatic heterocycles. The minimum Gasteiger partial charge on any atom is -0.423 e. The fraction of sp³-hybridized carbons (Fsp3) is 0.0455. The molecule has 0 saturated heterocycles. The first-order valence-electron chi connectivity index (χ1n) is 8.41. The molecule has 3 aromatic carbocycles. The molecule has 1 aliphatic carbocycles. The number of esters is 1. The summed E-state index contributed by atoms with van der Waals surface area (Å²) in [7, 11) is 0. The van der Waals surface area contributed by atoms with Gasteiger partial charge in [-0.2, -0.15) is 0 Å². The zero-order chi connectivity index (χ0) is 19.0. The van der Waals surface area contributed by atoms with E-state index in [9.17, 15) is 14.4 Å². The number of hydrogen-bond donors (Lipinski definition) is 1. The molecule has 1 aliphatic rings. The summed E-state index contributed by atoms with van der Waals surface area (Å²) in [6.07, 6.45) is 0. The Bertz CT molecular complexity index is 1080. The zero-order valence-corrected chi connectivity index (χ0v) is 14.5. The number of anilines is 1. The van der Waals surface area contributed by atoms with Gasteiger partial charge in [0.1, 0.15) is 5.75 Å². The van der Waals surface area contributed by atoms with E-state index >= 15 is 0 Å². The average Bonchev–Trinajstić information content (AvgIpc) is 2.95. The summed E-state index contributed by atoms with van der Waals surface area (Å²) in [5, 5.41) is 2.64. The molecular formula is C22H15NO4. The second-order valence-corrected chi connectivity index (χ2v) is 6.23. The van der Waals surface area contributed by atoms with Gasteiger partial charge < -0.3 is 10.1 Å². The van der Waals surface area contributed by atoms with Crippen LogP contribution in [0.25, 0.3) is 11.1 Å². The maximum atomic E-state index is 12.6. The highest BCUT2D eigenvalue weighted by atomic mass is 16.5. The molecule has 1 N–H and O–H groups in total. The molecule has 0 saturated carbocycles. The van der Waals surface area contributed by atoms with Gasteiger partial charge in [0.25, 0.3) is 0 Å². The highest BCUT2D eigenvalue weighted by Crippen LogP contribution is 2.36. The number of ether oxygens (including phenoxy) is 1. The van der Waals surface area contributed by atoms with Crippen LogP contribution in [0.5, 0.6) is 5.75 Å². The predicted octanol–water partition coefficient (Wildman–Crippen LogP) is 4.08. The standard InChI is InChI=1S/C22H15NO4/c1-13(24)23-15-7-9-16(10-8-15)27-22(26)14-6-11-18-17-4-2-3-5-19(17)21(25)20(18)12-14/h2-12H,1H3,(H,23,24). The number of hydrogen-bond acceptors (Lipinski definition) is 4. The second-order valence-electron chi connectivity index (χ2n) is 6.23. The smallest absolute Gasteiger partial charge is 0.343 e. The van der Waals surface area contributed by atoms with Gasteiger partial charge >= 0.3 is 5.97 Å². The highest BCUT2D eigenvalue weighted by Gasteiger charge is 2.27. The number of ketones is 1. The molecule has 1 amide bonds. The van der Waals surface area contributed by atoms with E-state index in [0.717, 1.165) is 11.1 Å². The third-order valence-corrected chi connectivity index (χ3v) is 4.35. The third kappa shape index (κ3) is 3.11. The number of amides is 1. The van der Waals surface area contributed by atoms with Crippen molar-refractivity contribution in [3.8, 4) is 16.9 Å². The number of rotatable bonds is 3. The quantitative estimate of drug-likeness (QED) is 0.443. The summed E-state index contributed by atoms with van der Waals surface area (Å²) in [6, 6.07) is 18.9. The second kappa shape index (κ2) is 6.53. The third-order valence-electron chi connectivity index (χ3n) is 4.35. The van der Waals surface area contributed by atoms with Crippen LogP contribution in [0.3, 0.4) is 0 Å². The predicted molar refractivity (Wildman–Crippen MR) is 101 cm³/mol. The molecule has 0 atom stereocenters. The van der Waals surface area contributed by atoms with Crippen molar-refractivity contribution < 1.29 is 19.1 Å². The van der Waals surface area contributed by atoms with Gasteiger partial charge in [-0.25, -0.2) is 4.79 Å². The molecule has 5 nitrogen and oxygen atoms in total. The first kappa shape index (κ1) is 16.7. The van der Waals surface area contributed by atoms with Gasteiger partial charge in [-0.05, 0) is 47.5 Å². The van der Waals surface area contributed by atoms with Crippen molar-refractivity contribution in [3.63, 3.8) is 0 Å². The Balaban J connectivity index is 1.56. The van der Waals surface area contributed by atoms with Crippen molar-refractivity contribution in [2.75, 3.05) is 5.32 Å². The molecule has 5 heteroatoms. The van der Waals surface area contributed by atoms with E-state index in [0.29, 0.717) is 28.1 Å². The Morgan fingerprint density at radius 2 is 1.48 bits per heavy atom. The first-order chi connectivity index (χ1) is 13.0. The number of nitrogens with one attached hydrogen (secondary N) is 1. The van der Waals surface area contributed by atoms with Crippen LogP contribution in [-0.2, 0) is 4.79 Å². The van der Waals surface area contributed by atoms with Crippen molar-refractivity contribution in [2.24, 2.45) is 0 Å². The molecule has 4 rings (SSSR count). The Labute approximate surface area is 155 Å². The molecule has 0 spiro atoms. The topological polar surface area (TPSA) is 72.5 Å². The molecule has 0 heterocycles. The van der Waals surface area contributed by atoms with Crippen LogP contribution in [0.2, 0.25) is 0 Å². The lowest BCUT2D eigenvalue weighted by Gasteiger charge is -2.07. The van der Waals surface area contributed by atoms with E-state index in [2.05, 4.69) is 5.32 Å². The lowest BCUT2D eigenvalue weighted by molar-refractivity contribution is -0.114. The first-order valence-corrected chi connectivity index (χ1v) is 8.41. The maximum Gasteiger partial charge on any atom is 0.343 e. The molecule has 0 bridgehead atoms. The normalized spacial score (nSPS) is 11.5. The zero-order valence-electron chi connectivity index (χ0n) is 14.5. The van der Waals surface area contributed by atoms with Gasteiger partial charge in [0.15, 0.2) is 5.78 Å². The average molecular weight is 357 g/mol. The molecule has 0 radical (unpaired) electrons. The SMILES string of the molecule is CC(=O)Nc1ccc(OC(=O)c2ccc3c(c2)C(=O)c2ccccc2-3)cc1. The number of benzene rings is 3. The van der Waals surface area contributed by atoms with Crippen LogP contribution < -0.4 is 10.1 Å². The Hall–Kier alpha value is -3.73. The number of fused-ring (bicyclic) bond motifs is 3. The van der Waals surface area contributed by atoms with E-state index in [1.165, 1.54) is 6.92 Å². The highest BCUT2D eigenvalue weighted by molar-refractivity contribution is 6.22.